The number of benzene rings is 2. The number of halogens is 2. The zero-order valence-corrected chi connectivity index (χ0v) is 14.2. The number of para-hydroxylation sites is 2. The number of carbonyl (C=O) groups is 1. The molecule has 0 radical (unpaired) electrons. The second-order valence-corrected chi connectivity index (χ2v) is 6.57. The van der Waals surface area contributed by atoms with Crippen LogP contribution in [-0.2, 0) is 0 Å². The molecule has 0 aliphatic carbocycles. The number of ketones is 1. The highest BCUT2D eigenvalue weighted by atomic mass is 79.9. The van der Waals surface area contributed by atoms with Crippen molar-refractivity contribution in [1.29, 1.82) is 0 Å². The molecular formula is C16H12Br2N2O. The van der Waals surface area contributed by atoms with Gasteiger partial charge in [-0.25, -0.2) is 4.98 Å². The van der Waals surface area contributed by atoms with Crippen LogP contribution in [0.25, 0.3) is 11.0 Å². The van der Waals surface area contributed by atoms with E-state index < -0.39 is 0 Å². The Balaban J connectivity index is 1.91. The molecule has 2 aromatic carbocycles. The number of nitrogens with zero attached hydrogens (tertiary/aromatic N) is 2. The topological polar surface area (TPSA) is 34.9 Å². The molecule has 0 N–H and O–H groups in total. The van der Waals surface area contributed by atoms with Crippen LogP contribution >= 0.6 is 31.9 Å². The predicted octanol–water partition coefficient (Wildman–Crippen LogP) is 4.58. The number of carbonyl (C=O) groups excluding carboxylic acids is 1. The van der Waals surface area contributed by atoms with Crippen LogP contribution in [0, 0.1) is 0 Å². The Morgan fingerprint density at radius 1 is 1.00 bits per heavy atom. The molecule has 2 atom stereocenters. The van der Waals surface area contributed by atoms with E-state index in [1.807, 2.05) is 59.2 Å². The molecule has 0 bridgehead atoms. The summed E-state index contributed by atoms with van der Waals surface area (Å²) in [6.07, 6.45) is 1.75. The number of aromatic nitrogens is 2. The summed E-state index contributed by atoms with van der Waals surface area (Å²) in [6.45, 7) is 0. The summed E-state index contributed by atoms with van der Waals surface area (Å²) in [4.78, 5) is 16.3. The van der Waals surface area contributed by atoms with E-state index >= 15 is 0 Å². The van der Waals surface area contributed by atoms with Crippen molar-refractivity contribution >= 4 is 48.7 Å². The summed E-state index contributed by atoms with van der Waals surface area (Å²) in [5.41, 5.74) is 2.59. The van der Waals surface area contributed by atoms with E-state index in [1.165, 1.54) is 0 Å². The zero-order valence-electron chi connectivity index (χ0n) is 11.0. The van der Waals surface area contributed by atoms with Gasteiger partial charge in [-0.3, -0.25) is 4.79 Å². The van der Waals surface area contributed by atoms with Gasteiger partial charge >= 0.3 is 0 Å². The molecule has 0 aliphatic heterocycles. The Morgan fingerprint density at radius 2 is 1.67 bits per heavy atom. The molecule has 0 saturated carbocycles. The van der Waals surface area contributed by atoms with E-state index in [9.17, 15) is 4.79 Å². The predicted molar refractivity (Wildman–Crippen MR) is 91.2 cm³/mol. The quantitative estimate of drug-likeness (QED) is 0.468. The largest absolute Gasteiger partial charge is 0.316 e. The van der Waals surface area contributed by atoms with E-state index in [2.05, 4.69) is 36.8 Å². The van der Waals surface area contributed by atoms with Gasteiger partial charge in [-0.15, -0.1) is 0 Å². The van der Waals surface area contributed by atoms with Crippen molar-refractivity contribution in [2.75, 3.05) is 0 Å². The number of hydrogen-bond donors (Lipinski definition) is 0. The lowest BCUT2D eigenvalue weighted by molar-refractivity contribution is 0.0986. The first kappa shape index (κ1) is 14.5. The van der Waals surface area contributed by atoms with E-state index in [4.69, 9.17) is 0 Å². The minimum absolute atomic E-state index is 0.0373. The van der Waals surface area contributed by atoms with E-state index in [0.29, 0.717) is 5.56 Å². The van der Waals surface area contributed by atoms with Crippen molar-refractivity contribution < 1.29 is 4.79 Å². The van der Waals surface area contributed by atoms with Crippen LogP contribution < -0.4 is 0 Å². The lowest BCUT2D eigenvalue weighted by Gasteiger charge is -2.18. The molecular weight excluding hydrogens is 396 g/mol. The third-order valence-corrected chi connectivity index (χ3v) is 5.89. The number of Topliss-reactive ketones (excluding diaryl/α,β-unsaturated/α-hetero) is 1. The first-order valence-electron chi connectivity index (χ1n) is 6.47. The normalized spacial score (nSPS) is 14.0. The van der Waals surface area contributed by atoms with Crippen LogP contribution in [0.3, 0.4) is 0 Å². The molecule has 3 rings (SSSR count). The highest BCUT2D eigenvalue weighted by Crippen LogP contribution is 2.31. The molecule has 5 heteroatoms. The van der Waals surface area contributed by atoms with Gasteiger partial charge in [0.25, 0.3) is 0 Å². The maximum absolute atomic E-state index is 12.5. The van der Waals surface area contributed by atoms with Gasteiger partial charge in [0.05, 0.1) is 17.4 Å². The molecule has 2 unspecified atom stereocenters. The summed E-state index contributed by atoms with van der Waals surface area (Å²) in [5, 5.41) is 0. The fourth-order valence-electron chi connectivity index (χ4n) is 2.20. The summed E-state index contributed by atoms with van der Waals surface area (Å²) >= 11 is 7.11. The number of hydrogen-bond acceptors (Lipinski definition) is 2. The summed E-state index contributed by atoms with van der Waals surface area (Å²) < 4.78 is 1.95. The first-order chi connectivity index (χ1) is 10.2. The molecule has 0 amide bonds. The second kappa shape index (κ2) is 6.12. The van der Waals surface area contributed by atoms with Gasteiger partial charge in [0.1, 0.15) is 9.78 Å². The Morgan fingerprint density at radius 3 is 2.43 bits per heavy atom. The minimum Gasteiger partial charge on any atom is -0.316 e. The van der Waals surface area contributed by atoms with Crippen molar-refractivity contribution in [3.63, 3.8) is 0 Å². The van der Waals surface area contributed by atoms with Gasteiger partial charge in [-0.05, 0) is 12.1 Å². The van der Waals surface area contributed by atoms with Gasteiger partial charge in [0.2, 0.25) is 0 Å². The zero-order chi connectivity index (χ0) is 14.8. The number of imidazole rings is 1. The van der Waals surface area contributed by atoms with Crippen LogP contribution in [-0.4, -0.2) is 20.2 Å². The van der Waals surface area contributed by atoms with Crippen molar-refractivity contribution in [2.24, 2.45) is 0 Å². The molecule has 1 aromatic heterocycles. The van der Waals surface area contributed by atoms with Crippen LogP contribution in [0.5, 0.6) is 0 Å². The third-order valence-electron chi connectivity index (χ3n) is 3.30. The highest BCUT2D eigenvalue weighted by Gasteiger charge is 2.26. The summed E-state index contributed by atoms with van der Waals surface area (Å²) in [7, 11) is 0. The molecule has 3 nitrogen and oxygen atoms in total. The SMILES string of the molecule is O=C(c1ccccc1)C(Br)C(Br)n1cnc2ccccc21. The molecule has 0 aliphatic rings. The molecule has 106 valence electrons. The minimum atomic E-state index is -0.377. The van der Waals surface area contributed by atoms with Crippen LogP contribution in [0.15, 0.2) is 60.9 Å². The van der Waals surface area contributed by atoms with Crippen molar-refractivity contribution in [3.8, 4) is 0 Å². The van der Waals surface area contributed by atoms with E-state index in [0.717, 1.165) is 11.0 Å². The van der Waals surface area contributed by atoms with Gasteiger partial charge < -0.3 is 4.57 Å². The Kier molecular flexibility index (Phi) is 4.22. The number of rotatable bonds is 4. The number of alkyl halides is 2. The average molecular weight is 408 g/mol. The molecule has 1 heterocycles. The molecule has 3 aromatic rings. The van der Waals surface area contributed by atoms with Gasteiger partial charge in [-0.2, -0.15) is 0 Å². The smallest absolute Gasteiger partial charge is 0.179 e. The molecule has 0 saturated heterocycles. The molecule has 0 fully saturated rings. The van der Waals surface area contributed by atoms with Crippen LogP contribution in [0.4, 0.5) is 0 Å². The van der Waals surface area contributed by atoms with Crippen LogP contribution in [0.2, 0.25) is 0 Å². The first-order valence-corrected chi connectivity index (χ1v) is 8.30. The fourth-order valence-corrected chi connectivity index (χ4v) is 3.29. The van der Waals surface area contributed by atoms with Crippen LogP contribution in [0.1, 0.15) is 15.3 Å². The maximum atomic E-state index is 12.5. The van der Waals surface area contributed by atoms with E-state index in [-0.39, 0.29) is 15.6 Å². The standard InChI is InChI=1S/C16H12Br2N2O/c17-14(15(21)11-6-2-1-3-7-11)16(18)20-10-19-12-8-4-5-9-13(12)20/h1-10,14,16H. The van der Waals surface area contributed by atoms with Crippen molar-refractivity contribution in [3.05, 3.63) is 66.5 Å². The Labute approximate surface area is 139 Å². The third kappa shape index (κ3) is 2.80. The lowest BCUT2D eigenvalue weighted by Crippen LogP contribution is -2.22. The number of fused-ring (bicyclic) bond motifs is 1. The Bertz CT molecular complexity index is 770. The van der Waals surface area contributed by atoms with Gasteiger partial charge in [-0.1, -0.05) is 74.3 Å². The summed E-state index contributed by atoms with van der Waals surface area (Å²) in [5.74, 6) is 0.0373. The highest BCUT2D eigenvalue weighted by molar-refractivity contribution is 9.12. The van der Waals surface area contributed by atoms with E-state index in [1.54, 1.807) is 6.33 Å². The van der Waals surface area contributed by atoms with Crippen molar-refractivity contribution in [2.45, 2.75) is 9.78 Å². The second-order valence-electron chi connectivity index (χ2n) is 4.65. The lowest BCUT2D eigenvalue weighted by atomic mass is 10.1. The monoisotopic (exact) mass is 406 g/mol. The average Bonchev–Trinajstić information content (AvgIpc) is 2.97. The van der Waals surface area contributed by atoms with Gasteiger partial charge in [0.15, 0.2) is 5.78 Å². The molecule has 21 heavy (non-hydrogen) atoms. The summed E-state index contributed by atoms with van der Waals surface area (Å²) in [6, 6.07) is 17.1. The molecule has 0 spiro atoms. The fraction of sp³-hybridized carbons (Fsp3) is 0.125. The van der Waals surface area contributed by atoms with Crippen molar-refractivity contribution in [1.82, 2.24) is 9.55 Å². The Hall–Kier alpha value is -1.46. The van der Waals surface area contributed by atoms with Gasteiger partial charge in [0, 0.05) is 5.56 Å². The maximum Gasteiger partial charge on any atom is 0.179 e.